The van der Waals surface area contributed by atoms with E-state index in [0.717, 1.165) is 27.7 Å². The molecule has 0 atom stereocenters. The van der Waals surface area contributed by atoms with E-state index < -0.39 is 0 Å². The van der Waals surface area contributed by atoms with Crippen molar-refractivity contribution in [1.29, 1.82) is 0 Å². The van der Waals surface area contributed by atoms with Crippen LogP contribution < -0.4 is 14.8 Å². The van der Waals surface area contributed by atoms with E-state index in [1.165, 1.54) is 0 Å². The molecule has 0 aliphatic carbocycles. The Bertz CT molecular complexity index is 1330. The Balaban J connectivity index is 1.59. The molecule has 0 spiro atoms. The van der Waals surface area contributed by atoms with Crippen LogP contribution in [0.1, 0.15) is 0 Å². The molecule has 9 heteroatoms. The van der Waals surface area contributed by atoms with Crippen molar-refractivity contribution >= 4 is 33.4 Å². The van der Waals surface area contributed by atoms with E-state index in [-0.39, 0.29) is 0 Å². The Morgan fingerprint density at radius 1 is 0.862 bits per heavy atom. The lowest BCUT2D eigenvalue weighted by Gasteiger charge is -2.11. The Morgan fingerprint density at radius 3 is 2.59 bits per heavy atom. The highest BCUT2D eigenvalue weighted by Gasteiger charge is 2.14. The summed E-state index contributed by atoms with van der Waals surface area (Å²) >= 11 is 0. The molecule has 0 saturated heterocycles. The molecule has 0 fully saturated rings. The number of nitrogens with zero attached hydrogens (tertiary/aromatic N) is 4. The molecule has 0 radical (unpaired) electrons. The van der Waals surface area contributed by atoms with Gasteiger partial charge in [-0.15, -0.1) is 0 Å². The van der Waals surface area contributed by atoms with Crippen LogP contribution >= 0.6 is 0 Å². The highest BCUT2D eigenvalue weighted by molar-refractivity contribution is 5.90. The fraction of sp³-hybridized carbons (Fsp3) is 0.100. The van der Waals surface area contributed by atoms with Crippen LogP contribution in [0.15, 0.2) is 48.8 Å². The largest absolute Gasteiger partial charge is 0.493 e. The molecular weight excluding hydrogens is 370 g/mol. The van der Waals surface area contributed by atoms with Crippen molar-refractivity contribution in [2.45, 2.75) is 0 Å². The first-order valence-corrected chi connectivity index (χ1v) is 8.89. The van der Waals surface area contributed by atoms with Gasteiger partial charge in [-0.1, -0.05) is 0 Å². The lowest BCUT2D eigenvalue weighted by atomic mass is 10.2. The average Bonchev–Trinajstić information content (AvgIpc) is 3.42. The van der Waals surface area contributed by atoms with Crippen LogP contribution in [0.3, 0.4) is 0 Å². The minimum Gasteiger partial charge on any atom is -0.493 e. The number of fused-ring (bicyclic) bond motifs is 2. The van der Waals surface area contributed by atoms with Gasteiger partial charge in [-0.3, -0.25) is 10.2 Å². The molecule has 5 rings (SSSR count). The number of anilines is 2. The number of nitrogens with one attached hydrogen (secondary N) is 3. The van der Waals surface area contributed by atoms with Crippen molar-refractivity contribution in [2.24, 2.45) is 0 Å². The summed E-state index contributed by atoms with van der Waals surface area (Å²) in [7, 11) is 3.20. The monoisotopic (exact) mass is 387 g/mol. The van der Waals surface area contributed by atoms with E-state index in [4.69, 9.17) is 14.5 Å². The summed E-state index contributed by atoms with van der Waals surface area (Å²) in [5.41, 5.74) is 4.08. The molecule has 144 valence electrons. The summed E-state index contributed by atoms with van der Waals surface area (Å²) in [6.45, 7) is 0. The number of H-pyrrole nitrogens is 2. The van der Waals surface area contributed by atoms with Gasteiger partial charge in [0.1, 0.15) is 11.0 Å². The number of hydrogen-bond acceptors (Lipinski definition) is 7. The molecule has 9 nitrogen and oxygen atoms in total. The Kier molecular flexibility index (Phi) is 3.98. The van der Waals surface area contributed by atoms with E-state index in [9.17, 15) is 0 Å². The van der Waals surface area contributed by atoms with Crippen molar-refractivity contribution in [3.63, 3.8) is 0 Å². The van der Waals surface area contributed by atoms with Gasteiger partial charge < -0.3 is 14.8 Å². The number of aromatic nitrogens is 6. The number of aromatic amines is 2. The number of benzene rings is 2. The molecule has 0 bridgehead atoms. The van der Waals surface area contributed by atoms with E-state index >= 15 is 0 Å². The SMILES string of the molecule is COc1ccc(-c2nc(Nc3ccc4[nH]ncc4c3)c3[nH]ncc3n2)cc1OC. The smallest absolute Gasteiger partial charge is 0.162 e. The van der Waals surface area contributed by atoms with Gasteiger partial charge in [0.15, 0.2) is 23.1 Å². The van der Waals surface area contributed by atoms with Crippen LogP contribution in [0, 0.1) is 0 Å². The minimum atomic E-state index is 0.548. The van der Waals surface area contributed by atoms with E-state index in [0.29, 0.717) is 28.7 Å². The predicted molar refractivity (Wildman–Crippen MR) is 110 cm³/mol. The lowest BCUT2D eigenvalue weighted by Crippen LogP contribution is -1.99. The number of ether oxygens (including phenoxy) is 2. The fourth-order valence-corrected chi connectivity index (χ4v) is 3.19. The summed E-state index contributed by atoms with van der Waals surface area (Å²) in [6, 6.07) is 11.5. The molecule has 3 aromatic heterocycles. The van der Waals surface area contributed by atoms with Gasteiger partial charge in [0.05, 0.1) is 32.1 Å². The molecule has 3 N–H and O–H groups in total. The van der Waals surface area contributed by atoms with Gasteiger partial charge >= 0.3 is 0 Å². The quantitative estimate of drug-likeness (QED) is 0.422. The molecule has 0 aliphatic rings. The van der Waals surface area contributed by atoms with Gasteiger partial charge in [-0.25, -0.2) is 9.97 Å². The second kappa shape index (κ2) is 6.79. The molecule has 2 aromatic carbocycles. The van der Waals surface area contributed by atoms with E-state index in [1.807, 2.05) is 36.4 Å². The Hall–Kier alpha value is -4.14. The van der Waals surface area contributed by atoms with Crippen LogP contribution in [0.25, 0.3) is 33.3 Å². The van der Waals surface area contributed by atoms with Crippen molar-refractivity contribution in [1.82, 2.24) is 30.4 Å². The normalized spacial score (nSPS) is 11.1. The first-order chi connectivity index (χ1) is 14.2. The third-order valence-electron chi connectivity index (χ3n) is 4.64. The van der Waals surface area contributed by atoms with Gasteiger partial charge in [-0.05, 0) is 36.4 Å². The van der Waals surface area contributed by atoms with Crippen LogP contribution in [-0.2, 0) is 0 Å². The Morgan fingerprint density at radius 2 is 1.72 bits per heavy atom. The Labute approximate surface area is 165 Å². The molecule has 5 aromatic rings. The maximum absolute atomic E-state index is 5.41. The standard InChI is InChI=1S/C20H17N7O2/c1-28-16-6-3-11(8-17(16)29-2)19-24-15-10-22-27-18(15)20(25-19)23-13-4-5-14-12(7-13)9-21-26-14/h3-10H,1-2H3,(H,21,26)(H,22,27)(H,23,24,25). The molecule has 0 amide bonds. The number of rotatable bonds is 5. The zero-order valence-corrected chi connectivity index (χ0v) is 15.7. The second-order valence-electron chi connectivity index (χ2n) is 6.39. The highest BCUT2D eigenvalue weighted by atomic mass is 16.5. The molecular formula is C20H17N7O2. The molecule has 0 aliphatic heterocycles. The van der Waals surface area contributed by atoms with Crippen LogP contribution in [0.4, 0.5) is 11.5 Å². The first-order valence-electron chi connectivity index (χ1n) is 8.89. The highest BCUT2D eigenvalue weighted by Crippen LogP contribution is 2.33. The van der Waals surface area contributed by atoms with Gasteiger partial charge in [0, 0.05) is 16.6 Å². The van der Waals surface area contributed by atoms with E-state index in [2.05, 4.69) is 30.7 Å². The maximum atomic E-state index is 5.41. The van der Waals surface area contributed by atoms with Crippen LogP contribution in [0.5, 0.6) is 11.5 Å². The number of methoxy groups -OCH3 is 2. The molecule has 0 unspecified atom stereocenters. The average molecular weight is 387 g/mol. The summed E-state index contributed by atoms with van der Waals surface area (Å²) in [5, 5.41) is 18.4. The summed E-state index contributed by atoms with van der Waals surface area (Å²) in [4.78, 5) is 9.35. The lowest BCUT2D eigenvalue weighted by molar-refractivity contribution is 0.355. The third kappa shape index (κ3) is 2.98. The summed E-state index contributed by atoms with van der Waals surface area (Å²) in [5.74, 6) is 2.43. The first kappa shape index (κ1) is 17.0. The fourth-order valence-electron chi connectivity index (χ4n) is 3.19. The maximum Gasteiger partial charge on any atom is 0.162 e. The van der Waals surface area contributed by atoms with Crippen molar-refractivity contribution in [3.05, 3.63) is 48.8 Å². The van der Waals surface area contributed by atoms with Crippen molar-refractivity contribution in [3.8, 4) is 22.9 Å². The van der Waals surface area contributed by atoms with Crippen molar-refractivity contribution in [2.75, 3.05) is 19.5 Å². The molecule has 29 heavy (non-hydrogen) atoms. The zero-order chi connectivity index (χ0) is 19.8. The number of hydrogen-bond donors (Lipinski definition) is 3. The van der Waals surface area contributed by atoms with Gasteiger partial charge in [0.25, 0.3) is 0 Å². The van der Waals surface area contributed by atoms with Crippen molar-refractivity contribution < 1.29 is 9.47 Å². The third-order valence-corrected chi connectivity index (χ3v) is 4.64. The minimum absolute atomic E-state index is 0.548. The summed E-state index contributed by atoms with van der Waals surface area (Å²) < 4.78 is 10.7. The van der Waals surface area contributed by atoms with Gasteiger partial charge in [0.2, 0.25) is 0 Å². The van der Waals surface area contributed by atoms with Crippen LogP contribution in [0.2, 0.25) is 0 Å². The predicted octanol–water partition coefficient (Wildman–Crippen LogP) is 3.66. The zero-order valence-electron chi connectivity index (χ0n) is 15.7. The van der Waals surface area contributed by atoms with E-state index in [1.54, 1.807) is 26.6 Å². The summed E-state index contributed by atoms with van der Waals surface area (Å²) in [6.07, 6.45) is 3.45. The van der Waals surface area contributed by atoms with Gasteiger partial charge in [-0.2, -0.15) is 10.2 Å². The second-order valence-corrected chi connectivity index (χ2v) is 6.39. The topological polar surface area (TPSA) is 114 Å². The molecule has 3 heterocycles. The molecule has 0 saturated carbocycles. The van der Waals surface area contributed by atoms with Crippen LogP contribution in [-0.4, -0.2) is 44.6 Å².